The van der Waals surface area contributed by atoms with Gasteiger partial charge in [-0.3, -0.25) is 0 Å². The summed E-state index contributed by atoms with van der Waals surface area (Å²) in [6, 6.07) is 17.4. The van der Waals surface area contributed by atoms with Gasteiger partial charge in [0.15, 0.2) is 0 Å². The summed E-state index contributed by atoms with van der Waals surface area (Å²) in [6.07, 6.45) is 1.94. The van der Waals surface area contributed by atoms with Crippen molar-refractivity contribution in [2.45, 2.75) is 13.0 Å². The predicted molar refractivity (Wildman–Crippen MR) is 92.7 cm³/mol. The summed E-state index contributed by atoms with van der Waals surface area (Å²) in [4.78, 5) is 11.5. The number of ether oxygens (including phenoxy) is 1. The molecule has 1 N–H and O–H groups in total. The van der Waals surface area contributed by atoms with Gasteiger partial charge in [0.05, 0.1) is 0 Å². The van der Waals surface area contributed by atoms with Crippen LogP contribution in [0, 0.1) is 11.8 Å². The van der Waals surface area contributed by atoms with E-state index in [1.165, 1.54) is 0 Å². The maximum absolute atomic E-state index is 11.5. The van der Waals surface area contributed by atoms with Crippen LogP contribution in [0.25, 0.3) is 6.08 Å². The number of carbonyl (C=O) groups is 1. The van der Waals surface area contributed by atoms with Gasteiger partial charge in [0, 0.05) is 18.5 Å². The summed E-state index contributed by atoms with van der Waals surface area (Å²) in [5, 5.41) is 2.68. The Morgan fingerprint density at radius 2 is 1.87 bits per heavy atom. The molecule has 3 heteroatoms. The van der Waals surface area contributed by atoms with Crippen LogP contribution < -0.4 is 5.32 Å². The van der Waals surface area contributed by atoms with Crippen LogP contribution in [-0.2, 0) is 11.3 Å². The van der Waals surface area contributed by atoms with Crippen molar-refractivity contribution in [3.63, 3.8) is 0 Å². The Morgan fingerprint density at radius 1 is 1.13 bits per heavy atom. The average molecular weight is 305 g/mol. The largest absolute Gasteiger partial charge is 0.445 e. The van der Waals surface area contributed by atoms with Gasteiger partial charge in [0.1, 0.15) is 6.61 Å². The van der Waals surface area contributed by atoms with E-state index in [4.69, 9.17) is 4.74 Å². The quantitative estimate of drug-likeness (QED) is 0.670. The molecule has 1 amide bonds. The molecule has 0 heterocycles. The third-order valence-electron chi connectivity index (χ3n) is 3.11. The van der Waals surface area contributed by atoms with Crippen LogP contribution in [0.4, 0.5) is 4.79 Å². The highest BCUT2D eigenvalue weighted by Gasteiger charge is 2.00. The van der Waals surface area contributed by atoms with E-state index in [9.17, 15) is 4.79 Å². The van der Waals surface area contributed by atoms with E-state index in [2.05, 4.69) is 23.7 Å². The van der Waals surface area contributed by atoms with Gasteiger partial charge in [-0.2, -0.15) is 0 Å². The van der Waals surface area contributed by atoms with Gasteiger partial charge in [-0.25, -0.2) is 4.79 Å². The van der Waals surface area contributed by atoms with Crippen molar-refractivity contribution >= 4 is 12.2 Å². The molecule has 116 valence electrons. The lowest BCUT2D eigenvalue weighted by Crippen LogP contribution is -2.24. The SMILES string of the molecule is C=Cc1ccc(C#CCCNC(=O)OCc2ccccc2)cc1. The van der Waals surface area contributed by atoms with Gasteiger partial charge in [-0.1, -0.05) is 67.0 Å². The minimum atomic E-state index is -0.425. The molecule has 0 radical (unpaired) electrons. The Bertz CT molecular complexity index is 694. The van der Waals surface area contributed by atoms with Gasteiger partial charge in [-0.15, -0.1) is 0 Å². The summed E-state index contributed by atoms with van der Waals surface area (Å²) in [5.41, 5.74) is 2.98. The third kappa shape index (κ3) is 6.11. The molecule has 0 unspecified atom stereocenters. The number of amides is 1. The van der Waals surface area contributed by atoms with Crippen LogP contribution in [0.2, 0.25) is 0 Å². The minimum absolute atomic E-state index is 0.272. The normalized spacial score (nSPS) is 9.39. The molecular weight excluding hydrogens is 286 g/mol. The summed E-state index contributed by atoms with van der Waals surface area (Å²) < 4.78 is 5.11. The zero-order valence-corrected chi connectivity index (χ0v) is 12.9. The molecule has 0 saturated carbocycles. The number of carbonyl (C=O) groups excluding carboxylic acids is 1. The second-order valence-corrected chi connectivity index (χ2v) is 4.87. The highest BCUT2D eigenvalue weighted by atomic mass is 16.5. The van der Waals surface area contributed by atoms with Crippen molar-refractivity contribution in [3.8, 4) is 11.8 Å². The van der Waals surface area contributed by atoms with Gasteiger partial charge < -0.3 is 10.1 Å². The molecule has 0 aliphatic rings. The molecule has 3 nitrogen and oxygen atoms in total. The molecule has 0 atom stereocenters. The Hall–Kier alpha value is -2.99. The van der Waals surface area contributed by atoms with Gasteiger partial charge >= 0.3 is 6.09 Å². The maximum Gasteiger partial charge on any atom is 0.407 e. The first-order valence-electron chi connectivity index (χ1n) is 7.44. The zero-order chi connectivity index (χ0) is 16.3. The second kappa shape index (κ2) is 9.11. The first-order valence-corrected chi connectivity index (χ1v) is 7.44. The number of rotatable bonds is 5. The molecule has 0 saturated heterocycles. The second-order valence-electron chi connectivity index (χ2n) is 4.87. The number of hydrogen-bond donors (Lipinski definition) is 1. The molecule has 23 heavy (non-hydrogen) atoms. The van der Waals surface area contributed by atoms with Crippen LogP contribution in [0.15, 0.2) is 61.2 Å². The summed E-state index contributed by atoms with van der Waals surface area (Å²) in [5.74, 6) is 6.07. The van der Waals surface area contributed by atoms with Gasteiger partial charge in [0.2, 0.25) is 0 Å². The van der Waals surface area contributed by atoms with Crippen molar-refractivity contribution < 1.29 is 9.53 Å². The molecular formula is C20H19NO2. The molecule has 2 aromatic rings. The summed E-state index contributed by atoms with van der Waals surface area (Å²) in [6.45, 7) is 4.45. The number of alkyl carbamates (subject to hydrolysis) is 1. The van der Waals surface area contributed by atoms with E-state index in [0.29, 0.717) is 13.0 Å². The Morgan fingerprint density at radius 3 is 2.57 bits per heavy atom. The van der Waals surface area contributed by atoms with E-state index < -0.39 is 6.09 Å². The van der Waals surface area contributed by atoms with Gasteiger partial charge in [0.25, 0.3) is 0 Å². The van der Waals surface area contributed by atoms with E-state index in [1.807, 2.05) is 54.6 Å². The molecule has 2 aromatic carbocycles. The first-order chi connectivity index (χ1) is 11.3. The standard InChI is InChI=1S/C20H19NO2/c1-2-17-11-13-18(14-12-17)8-6-7-15-21-20(22)23-16-19-9-4-3-5-10-19/h2-5,9-14H,1,7,15-16H2,(H,21,22). The first kappa shape index (κ1) is 16.4. The summed E-state index contributed by atoms with van der Waals surface area (Å²) in [7, 11) is 0. The number of benzene rings is 2. The van der Waals surface area contributed by atoms with E-state index in [1.54, 1.807) is 6.08 Å². The minimum Gasteiger partial charge on any atom is -0.445 e. The molecule has 0 aromatic heterocycles. The fraction of sp³-hybridized carbons (Fsp3) is 0.150. The molecule has 0 aliphatic carbocycles. The third-order valence-corrected chi connectivity index (χ3v) is 3.11. The van der Waals surface area contributed by atoms with Crippen molar-refractivity contribution in [3.05, 3.63) is 77.9 Å². The lowest BCUT2D eigenvalue weighted by atomic mass is 10.1. The Kier molecular flexibility index (Phi) is 6.49. The highest BCUT2D eigenvalue weighted by Crippen LogP contribution is 2.04. The van der Waals surface area contributed by atoms with Crippen LogP contribution in [0.1, 0.15) is 23.1 Å². The topological polar surface area (TPSA) is 38.3 Å². The summed E-state index contributed by atoms with van der Waals surface area (Å²) >= 11 is 0. The monoisotopic (exact) mass is 305 g/mol. The number of nitrogens with one attached hydrogen (secondary N) is 1. The lowest BCUT2D eigenvalue weighted by Gasteiger charge is -2.05. The van der Waals surface area contributed by atoms with Crippen LogP contribution in [-0.4, -0.2) is 12.6 Å². The van der Waals surface area contributed by atoms with E-state index >= 15 is 0 Å². The lowest BCUT2D eigenvalue weighted by molar-refractivity contribution is 0.140. The van der Waals surface area contributed by atoms with Crippen LogP contribution in [0.5, 0.6) is 0 Å². The average Bonchev–Trinajstić information content (AvgIpc) is 2.61. The molecule has 2 rings (SSSR count). The number of hydrogen-bond acceptors (Lipinski definition) is 2. The van der Waals surface area contributed by atoms with Crippen LogP contribution >= 0.6 is 0 Å². The molecule has 0 fully saturated rings. The van der Waals surface area contributed by atoms with Gasteiger partial charge in [-0.05, 0) is 23.3 Å². The molecule has 0 aliphatic heterocycles. The fourth-order valence-electron chi connectivity index (χ4n) is 1.87. The highest BCUT2D eigenvalue weighted by molar-refractivity contribution is 5.67. The smallest absolute Gasteiger partial charge is 0.407 e. The zero-order valence-electron chi connectivity index (χ0n) is 12.9. The fourth-order valence-corrected chi connectivity index (χ4v) is 1.87. The van der Waals surface area contributed by atoms with E-state index in [-0.39, 0.29) is 6.61 Å². The van der Waals surface area contributed by atoms with Crippen molar-refractivity contribution in [1.29, 1.82) is 0 Å². The maximum atomic E-state index is 11.5. The Balaban J connectivity index is 1.65. The molecule has 0 spiro atoms. The molecule has 0 bridgehead atoms. The van der Waals surface area contributed by atoms with Crippen molar-refractivity contribution in [2.75, 3.05) is 6.54 Å². The van der Waals surface area contributed by atoms with Crippen LogP contribution in [0.3, 0.4) is 0 Å². The van der Waals surface area contributed by atoms with Crippen molar-refractivity contribution in [1.82, 2.24) is 5.32 Å². The Labute approximate surface area is 137 Å². The van der Waals surface area contributed by atoms with Crippen molar-refractivity contribution in [2.24, 2.45) is 0 Å². The predicted octanol–water partition coefficient (Wildman–Crippen LogP) is 4.00. The van der Waals surface area contributed by atoms with E-state index in [0.717, 1.165) is 16.7 Å².